The molecule has 4 heterocycles. The van der Waals surface area contributed by atoms with Gasteiger partial charge >= 0.3 is 0 Å². The van der Waals surface area contributed by atoms with Gasteiger partial charge in [0.15, 0.2) is 16.7 Å². The van der Waals surface area contributed by atoms with E-state index in [2.05, 4.69) is 4.57 Å². The SMILES string of the molecule is O=C1c2c(-n3c4ccccc4c(=O)c4ccccc43)ccc(-n3c4ccccc4c(=O)c4ccccc43)c2-c2nc3ccccc3n21. The quantitative estimate of drug-likeness (QED) is 0.190. The molecular weight excluding hydrogens is 584 g/mol. The number of hydrogen-bond donors (Lipinski definition) is 0. The van der Waals surface area contributed by atoms with E-state index in [1.807, 2.05) is 138 Å². The number of para-hydroxylation sites is 6. The molecule has 0 bridgehead atoms. The zero-order valence-electron chi connectivity index (χ0n) is 24.7. The first-order chi connectivity index (χ1) is 23.1. The van der Waals surface area contributed by atoms with E-state index in [0.29, 0.717) is 66.3 Å². The van der Waals surface area contributed by atoms with Crippen molar-refractivity contribution < 1.29 is 4.79 Å². The van der Waals surface area contributed by atoms with Crippen molar-refractivity contribution in [3.05, 3.63) is 159 Å². The average Bonchev–Trinajstić information content (AvgIpc) is 3.64. The summed E-state index contributed by atoms with van der Waals surface area (Å²) < 4.78 is 5.77. The van der Waals surface area contributed by atoms with Crippen LogP contribution < -0.4 is 10.9 Å². The minimum Gasteiger partial charge on any atom is -0.308 e. The van der Waals surface area contributed by atoms with Crippen molar-refractivity contribution in [3.8, 4) is 22.8 Å². The summed E-state index contributed by atoms with van der Waals surface area (Å²) >= 11 is 0. The van der Waals surface area contributed by atoms with E-state index >= 15 is 0 Å². The highest BCUT2D eigenvalue weighted by atomic mass is 16.2. The normalized spacial score (nSPS) is 12.5. The molecule has 0 N–H and O–H groups in total. The van der Waals surface area contributed by atoms with Gasteiger partial charge in [-0.2, -0.15) is 0 Å². The first kappa shape index (κ1) is 25.7. The Morgan fingerprint density at radius 1 is 0.383 bits per heavy atom. The molecule has 7 heteroatoms. The van der Waals surface area contributed by atoms with E-state index < -0.39 is 0 Å². The van der Waals surface area contributed by atoms with Crippen molar-refractivity contribution in [2.45, 2.75) is 0 Å². The number of pyridine rings is 2. The average molecular weight is 607 g/mol. The first-order valence-corrected chi connectivity index (χ1v) is 15.4. The molecule has 0 radical (unpaired) electrons. The Labute approximate surface area is 265 Å². The van der Waals surface area contributed by atoms with Crippen LogP contribution in [-0.4, -0.2) is 24.6 Å². The molecule has 10 rings (SSSR count). The van der Waals surface area contributed by atoms with Crippen LogP contribution in [0.4, 0.5) is 0 Å². The van der Waals surface area contributed by atoms with Gasteiger partial charge in [0.2, 0.25) is 0 Å². The van der Waals surface area contributed by atoms with Gasteiger partial charge in [0, 0.05) is 21.5 Å². The maximum Gasteiger partial charge on any atom is 0.267 e. The second kappa shape index (κ2) is 9.22. The van der Waals surface area contributed by atoms with Crippen LogP contribution in [0.15, 0.2) is 143 Å². The van der Waals surface area contributed by atoms with Crippen molar-refractivity contribution in [2.75, 3.05) is 0 Å². The zero-order chi connectivity index (χ0) is 31.4. The third-order valence-corrected chi connectivity index (χ3v) is 9.40. The molecule has 0 unspecified atom stereocenters. The van der Waals surface area contributed by atoms with Gasteiger partial charge in [0.05, 0.1) is 55.6 Å². The van der Waals surface area contributed by atoms with Crippen LogP contribution in [0.1, 0.15) is 10.4 Å². The lowest BCUT2D eigenvalue weighted by molar-refractivity contribution is 0.0973. The van der Waals surface area contributed by atoms with Crippen molar-refractivity contribution in [1.29, 1.82) is 0 Å². The van der Waals surface area contributed by atoms with Crippen molar-refractivity contribution >= 4 is 60.6 Å². The number of benzene rings is 6. The smallest absolute Gasteiger partial charge is 0.267 e. The van der Waals surface area contributed by atoms with Crippen LogP contribution in [0.3, 0.4) is 0 Å². The summed E-state index contributed by atoms with van der Waals surface area (Å²) in [7, 11) is 0. The summed E-state index contributed by atoms with van der Waals surface area (Å²) in [5, 5.41) is 2.30. The highest BCUT2D eigenvalue weighted by molar-refractivity contribution is 6.17. The standard InChI is InChI=1S/C40H22N4O3/c45-37-23-11-1-6-16-28(23)42(29-17-7-2-12-24(29)37)33-21-22-34(36-35(33)39-41-27-15-5-10-20-32(27)44(39)40(36)47)43-30-18-8-3-13-25(30)38(46)26-14-4-9-19-31(26)43/h1-22H. The molecule has 0 saturated carbocycles. The second-order valence-electron chi connectivity index (χ2n) is 11.8. The summed E-state index contributed by atoms with van der Waals surface area (Å²) in [6.45, 7) is 0. The van der Waals surface area contributed by atoms with Gasteiger partial charge in [-0.05, 0) is 72.8 Å². The fraction of sp³-hybridized carbons (Fsp3) is 0. The second-order valence-corrected chi connectivity index (χ2v) is 11.8. The number of imidazole rings is 1. The molecule has 220 valence electrons. The lowest BCUT2D eigenvalue weighted by Crippen LogP contribution is -2.15. The van der Waals surface area contributed by atoms with Crippen LogP contribution in [0.25, 0.3) is 77.4 Å². The Hall–Kier alpha value is -6.60. The van der Waals surface area contributed by atoms with Gasteiger partial charge in [-0.3, -0.25) is 19.0 Å². The van der Waals surface area contributed by atoms with Crippen molar-refractivity contribution in [1.82, 2.24) is 18.7 Å². The van der Waals surface area contributed by atoms with E-state index in [1.165, 1.54) is 0 Å². The minimum absolute atomic E-state index is 0.0461. The molecule has 0 spiro atoms. The van der Waals surface area contributed by atoms with Gasteiger partial charge in [-0.1, -0.05) is 60.7 Å². The molecule has 0 fully saturated rings. The molecule has 0 atom stereocenters. The minimum atomic E-state index is -0.206. The Bertz CT molecular complexity index is 2860. The lowest BCUT2D eigenvalue weighted by atomic mass is 10.0. The van der Waals surface area contributed by atoms with Crippen LogP contribution in [-0.2, 0) is 0 Å². The predicted molar refractivity (Wildman–Crippen MR) is 186 cm³/mol. The van der Waals surface area contributed by atoms with Crippen molar-refractivity contribution in [3.63, 3.8) is 0 Å². The fourth-order valence-corrected chi connectivity index (χ4v) is 7.42. The molecule has 7 nitrogen and oxygen atoms in total. The summed E-state index contributed by atoms with van der Waals surface area (Å²) in [6.07, 6.45) is 0. The number of carbonyl (C=O) groups is 1. The van der Waals surface area contributed by atoms with Gasteiger partial charge < -0.3 is 9.13 Å². The van der Waals surface area contributed by atoms with Gasteiger partial charge in [0.25, 0.3) is 5.91 Å². The Kier molecular flexibility index (Phi) is 5.04. The number of carbonyl (C=O) groups excluding carboxylic acids is 1. The zero-order valence-corrected chi connectivity index (χ0v) is 24.7. The van der Waals surface area contributed by atoms with Crippen LogP contribution in [0.2, 0.25) is 0 Å². The summed E-state index contributed by atoms with van der Waals surface area (Å²) in [5.41, 5.74) is 6.69. The highest BCUT2D eigenvalue weighted by Crippen LogP contribution is 2.44. The lowest BCUT2D eigenvalue weighted by Gasteiger charge is -2.21. The molecule has 1 aliphatic heterocycles. The van der Waals surface area contributed by atoms with E-state index in [1.54, 1.807) is 4.57 Å². The maximum atomic E-state index is 14.8. The van der Waals surface area contributed by atoms with E-state index in [0.717, 1.165) is 16.7 Å². The molecule has 1 aliphatic rings. The molecular formula is C40H22N4O3. The van der Waals surface area contributed by atoms with Crippen molar-refractivity contribution in [2.24, 2.45) is 0 Å². The molecule has 9 aromatic rings. The van der Waals surface area contributed by atoms with Crippen LogP contribution >= 0.6 is 0 Å². The van der Waals surface area contributed by atoms with E-state index in [-0.39, 0.29) is 16.8 Å². The number of rotatable bonds is 2. The van der Waals surface area contributed by atoms with Crippen LogP contribution in [0, 0.1) is 0 Å². The fourth-order valence-electron chi connectivity index (χ4n) is 7.42. The third-order valence-electron chi connectivity index (χ3n) is 9.40. The molecule has 3 aromatic heterocycles. The van der Waals surface area contributed by atoms with Gasteiger partial charge in [-0.25, -0.2) is 4.98 Å². The topological polar surface area (TPSA) is 78.9 Å². The number of nitrogens with zero attached hydrogens (tertiary/aromatic N) is 4. The van der Waals surface area contributed by atoms with E-state index in [4.69, 9.17) is 4.98 Å². The van der Waals surface area contributed by atoms with Gasteiger partial charge in [-0.15, -0.1) is 0 Å². The number of aromatic nitrogens is 4. The summed E-state index contributed by atoms with van der Waals surface area (Å²) in [5.74, 6) is 0.326. The Morgan fingerprint density at radius 3 is 1.23 bits per heavy atom. The highest BCUT2D eigenvalue weighted by Gasteiger charge is 2.36. The largest absolute Gasteiger partial charge is 0.308 e. The third kappa shape index (κ3) is 3.29. The molecule has 6 aromatic carbocycles. The molecule has 0 saturated heterocycles. The predicted octanol–water partition coefficient (Wildman–Crippen LogP) is 7.62. The first-order valence-electron chi connectivity index (χ1n) is 15.4. The molecule has 47 heavy (non-hydrogen) atoms. The summed E-state index contributed by atoms with van der Waals surface area (Å²) in [6, 6.07) is 41.7. The van der Waals surface area contributed by atoms with Crippen LogP contribution in [0.5, 0.6) is 0 Å². The number of hydrogen-bond acceptors (Lipinski definition) is 4. The Balaban J connectivity index is 1.43. The number of fused-ring (bicyclic) bond motifs is 9. The molecule has 0 aliphatic carbocycles. The summed E-state index contributed by atoms with van der Waals surface area (Å²) in [4.78, 5) is 47.2. The molecule has 0 amide bonds. The monoisotopic (exact) mass is 606 g/mol. The van der Waals surface area contributed by atoms with Gasteiger partial charge in [0.1, 0.15) is 0 Å². The Morgan fingerprint density at radius 2 is 0.766 bits per heavy atom. The van der Waals surface area contributed by atoms with E-state index in [9.17, 15) is 14.4 Å². The maximum absolute atomic E-state index is 14.8.